The molecule has 13 nitrogen and oxygen atoms in total. The minimum Gasteiger partial charge on any atom is -0.484 e. The number of alkyl halides is 3. The molecule has 2 aromatic heterocycles. The molecule has 1 amide bonds. The van der Waals surface area contributed by atoms with Gasteiger partial charge in [-0.25, -0.2) is 22.5 Å². The van der Waals surface area contributed by atoms with Crippen molar-refractivity contribution in [3.8, 4) is 22.7 Å². The van der Waals surface area contributed by atoms with Crippen molar-refractivity contribution in [1.82, 2.24) is 18.2 Å². The molecule has 3 aromatic carbocycles. The van der Waals surface area contributed by atoms with Crippen molar-refractivity contribution in [3.05, 3.63) is 109 Å². The number of nitrogens with one attached hydrogen (secondary N) is 1. The van der Waals surface area contributed by atoms with Crippen LogP contribution in [-0.2, 0) is 28.0 Å². The SMILES string of the molecule is Cc1ccc(OCC(=O)NS(=O)(=O)c2ccc([N+](=O)[O-])cc2)cc1-c1nsc2ccc(-n3c(=O)cc(C(F)(F)F)n(C)c3=O)cc12. The van der Waals surface area contributed by atoms with Gasteiger partial charge in [-0.05, 0) is 66.5 Å². The van der Waals surface area contributed by atoms with E-state index in [0.29, 0.717) is 42.1 Å². The summed E-state index contributed by atoms with van der Waals surface area (Å²) in [4.78, 5) is 47.6. The molecule has 2 heterocycles. The Morgan fingerprint density at radius 3 is 2.41 bits per heavy atom. The summed E-state index contributed by atoms with van der Waals surface area (Å²) in [5.74, 6) is -0.860. The maximum Gasteiger partial charge on any atom is 0.431 e. The summed E-state index contributed by atoms with van der Waals surface area (Å²) in [6, 6.07) is 13.4. The van der Waals surface area contributed by atoms with E-state index in [2.05, 4.69) is 4.37 Å². The average molecular weight is 676 g/mol. The fraction of sp³-hybridized carbons (Fsp3) is 0.143. The van der Waals surface area contributed by atoms with Crippen LogP contribution in [0.5, 0.6) is 5.75 Å². The van der Waals surface area contributed by atoms with Crippen LogP contribution in [0.2, 0.25) is 0 Å². The Kier molecular flexibility index (Phi) is 8.26. The van der Waals surface area contributed by atoms with Gasteiger partial charge in [0.25, 0.3) is 27.2 Å². The van der Waals surface area contributed by atoms with E-state index in [4.69, 9.17) is 4.74 Å². The van der Waals surface area contributed by atoms with Crippen LogP contribution in [0.3, 0.4) is 0 Å². The zero-order valence-electron chi connectivity index (χ0n) is 23.6. The average Bonchev–Trinajstić information content (AvgIpc) is 3.41. The van der Waals surface area contributed by atoms with E-state index in [-0.39, 0.29) is 22.0 Å². The Balaban J connectivity index is 1.40. The van der Waals surface area contributed by atoms with Gasteiger partial charge < -0.3 is 4.74 Å². The van der Waals surface area contributed by atoms with Gasteiger partial charge in [0.1, 0.15) is 11.4 Å². The highest BCUT2D eigenvalue weighted by atomic mass is 32.2. The second kappa shape index (κ2) is 11.9. The predicted molar refractivity (Wildman–Crippen MR) is 160 cm³/mol. The molecule has 0 spiro atoms. The quantitative estimate of drug-likeness (QED) is 0.189. The van der Waals surface area contributed by atoms with Crippen LogP contribution in [0.25, 0.3) is 27.0 Å². The second-order valence-electron chi connectivity index (χ2n) is 9.80. The molecule has 0 aliphatic rings. The highest BCUT2D eigenvalue weighted by molar-refractivity contribution is 7.90. The number of hydrogen-bond acceptors (Lipinski definition) is 10. The van der Waals surface area contributed by atoms with Crippen LogP contribution in [-0.4, -0.2) is 39.4 Å². The third kappa shape index (κ3) is 6.24. The van der Waals surface area contributed by atoms with Gasteiger partial charge in [0.15, 0.2) is 6.61 Å². The lowest BCUT2D eigenvalue weighted by atomic mass is 10.0. The second-order valence-corrected chi connectivity index (χ2v) is 12.3. The van der Waals surface area contributed by atoms with Gasteiger partial charge in [-0.1, -0.05) is 6.07 Å². The lowest BCUT2D eigenvalue weighted by molar-refractivity contribution is -0.384. The highest BCUT2D eigenvalue weighted by Gasteiger charge is 2.35. The number of fused-ring (bicyclic) bond motifs is 1. The minimum atomic E-state index is -4.91. The molecular weight excluding hydrogens is 655 g/mol. The smallest absolute Gasteiger partial charge is 0.431 e. The number of sulfonamides is 1. The lowest BCUT2D eigenvalue weighted by Gasteiger charge is -2.14. The van der Waals surface area contributed by atoms with E-state index < -0.39 is 50.6 Å². The summed E-state index contributed by atoms with van der Waals surface area (Å²) in [5.41, 5.74) is -2.43. The number of halogens is 3. The Morgan fingerprint density at radius 1 is 1.07 bits per heavy atom. The third-order valence-electron chi connectivity index (χ3n) is 6.76. The van der Waals surface area contributed by atoms with E-state index in [1.165, 1.54) is 24.3 Å². The maximum atomic E-state index is 13.3. The summed E-state index contributed by atoms with van der Waals surface area (Å²) in [5, 5.41) is 11.3. The molecule has 1 N–H and O–H groups in total. The number of rotatable bonds is 8. The number of non-ortho nitro benzene ring substituents is 1. The fourth-order valence-electron chi connectivity index (χ4n) is 4.48. The number of hydrogen-bond donors (Lipinski definition) is 1. The molecule has 0 fully saturated rings. The van der Waals surface area contributed by atoms with Gasteiger partial charge in [0.2, 0.25) is 0 Å². The lowest BCUT2D eigenvalue weighted by Crippen LogP contribution is -2.40. The van der Waals surface area contributed by atoms with Crippen LogP contribution < -0.4 is 20.7 Å². The van der Waals surface area contributed by atoms with Crippen LogP contribution >= 0.6 is 11.5 Å². The number of aromatic nitrogens is 3. The van der Waals surface area contributed by atoms with Crippen molar-refractivity contribution >= 4 is 43.2 Å². The van der Waals surface area contributed by atoms with Crippen molar-refractivity contribution in [2.24, 2.45) is 7.05 Å². The first-order valence-corrected chi connectivity index (χ1v) is 15.2. The molecule has 0 aliphatic carbocycles. The number of nitro benzene ring substituents is 1. The third-order valence-corrected chi connectivity index (χ3v) is 8.98. The van der Waals surface area contributed by atoms with Crippen molar-refractivity contribution in [2.45, 2.75) is 18.0 Å². The monoisotopic (exact) mass is 675 g/mol. The summed E-state index contributed by atoms with van der Waals surface area (Å²) in [6.45, 7) is 1.05. The number of nitro groups is 1. The molecular formula is C28H20F3N5O8S2. The van der Waals surface area contributed by atoms with Crippen LogP contribution in [0.15, 0.2) is 81.2 Å². The zero-order chi connectivity index (χ0) is 33.6. The molecule has 0 bridgehead atoms. The van der Waals surface area contributed by atoms with E-state index in [1.807, 2.05) is 4.72 Å². The molecule has 0 atom stereocenters. The number of carbonyl (C=O) groups excluding carboxylic acids is 1. The topological polar surface area (TPSA) is 172 Å². The van der Waals surface area contributed by atoms with Gasteiger partial charge in [-0.2, -0.15) is 17.5 Å². The van der Waals surface area contributed by atoms with Crippen LogP contribution in [0.4, 0.5) is 18.9 Å². The van der Waals surface area contributed by atoms with E-state index >= 15 is 0 Å². The van der Waals surface area contributed by atoms with Gasteiger partial charge in [-0.15, -0.1) is 0 Å². The molecule has 0 saturated carbocycles. The van der Waals surface area contributed by atoms with E-state index in [0.717, 1.165) is 42.8 Å². The zero-order valence-corrected chi connectivity index (χ0v) is 25.2. The standard InChI is InChI=1S/C28H20F3N5O8S2/c1-15-3-7-18(44-14-24(37)33-46(42,43)19-8-4-16(5-9-19)36(40)41)12-20(15)26-21-11-17(6-10-22(21)45-32-26)35-25(38)13-23(28(29,30)31)34(2)27(35)39/h3-13H,14H2,1-2H3,(H,33,37). The molecule has 18 heteroatoms. The molecule has 0 radical (unpaired) electrons. The minimum absolute atomic E-state index is 0.0178. The molecule has 0 unspecified atom stereocenters. The maximum absolute atomic E-state index is 13.3. The van der Waals surface area contributed by atoms with Crippen LogP contribution in [0.1, 0.15) is 11.3 Å². The summed E-state index contributed by atoms with van der Waals surface area (Å²) in [6.07, 6.45) is -4.91. The van der Waals surface area contributed by atoms with E-state index in [1.54, 1.807) is 19.1 Å². The normalized spacial score (nSPS) is 11.8. The highest BCUT2D eigenvalue weighted by Crippen LogP contribution is 2.35. The number of benzene rings is 3. The number of ether oxygens (including phenoxy) is 1. The first-order chi connectivity index (χ1) is 21.6. The summed E-state index contributed by atoms with van der Waals surface area (Å²) >= 11 is 1.09. The molecule has 0 saturated heterocycles. The number of carbonyl (C=O) groups is 1. The first kappa shape index (κ1) is 32.0. The Hall–Kier alpha value is -5.36. The molecule has 238 valence electrons. The van der Waals surface area contributed by atoms with Gasteiger partial charge >= 0.3 is 11.9 Å². The van der Waals surface area contributed by atoms with Gasteiger partial charge in [-0.3, -0.25) is 24.3 Å². The Bertz CT molecular complexity index is 2260. The number of aryl methyl sites for hydroxylation is 1. The fourth-order valence-corrected chi connectivity index (χ4v) is 6.22. The number of nitrogens with zero attached hydrogens (tertiary/aromatic N) is 4. The summed E-state index contributed by atoms with van der Waals surface area (Å²) in [7, 11) is -3.43. The predicted octanol–water partition coefficient (Wildman–Crippen LogP) is 3.93. The van der Waals surface area contributed by atoms with Crippen molar-refractivity contribution < 1.29 is 36.0 Å². The van der Waals surface area contributed by atoms with Gasteiger partial charge in [0.05, 0.1) is 25.9 Å². The van der Waals surface area contributed by atoms with Crippen molar-refractivity contribution in [2.75, 3.05) is 6.61 Å². The largest absolute Gasteiger partial charge is 0.484 e. The van der Waals surface area contributed by atoms with Gasteiger partial charge in [0, 0.05) is 36.2 Å². The first-order valence-electron chi connectivity index (χ1n) is 12.9. The van der Waals surface area contributed by atoms with Crippen LogP contribution in [0, 0.1) is 17.0 Å². The Morgan fingerprint density at radius 2 is 1.76 bits per heavy atom. The van der Waals surface area contributed by atoms with Crippen molar-refractivity contribution in [3.63, 3.8) is 0 Å². The number of amides is 1. The molecule has 0 aliphatic heterocycles. The molecule has 46 heavy (non-hydrogen) atoms. The molecule has 5 aromatic rings. The van der Waals surface area contributed by atoms with Crippen molar-refractivity contribution in [1.29, 1.82) is 0 Å². The summed E-state index contributed by atoms with van der Waals surface area (Å²) < 4.78 is 78.3. The molecule has 5 rings (SSSR count). The Labute approximate surface area is 260 Å². The van der Waals surface area contributed by atoms with E-state index in [9.17, 15) is 46.1 Å².